The van der Waals surface area contributed by atoms with Crippen molar-refractivity contribution in [1.82, 2.24) is 23.8 Å². The molecule has 0 unspecified atom stereocenters. The number of hydrogen-bond acceptors (Lipinski definition) is 5. The van der Waals surface area contributed by atoms with Gasteiger partial charge in [-0.3, -0.25) is 4.79 Å². The second kappa shape index (κ2) is 6.21. The summed E-state index contributed by atoms with van der Waals surface area (Å²) in [5, 5.41) is 7.21. The zero-order valence-corrected chi connectivity index (χ0v) is 13.4. The van der Waals surface area contributed by atoms with Crippen molar-refractivity contribution in [3.8, 4) is 5.69 Å². The number of aromatic nitrogens is 4. The highest BCUT2D eigenvalue weighted by molar-refractivity contribution is 7.00. The molecule has 0 saturated heterocycles. The molecule has 4 rings (SSSR count). The molecule has 4 aromatic rings. The maximum Gasteiger partial charge on any atom is 0.253 e. The predicted octanol–water partition coefficient (Wildman–Crippen LogP) is 2.81. The number of fused-ring (bicyclic) bond motifs is 1. The molecule has 0 bridgehead atoms. The molecule has 1 amide bonds. The van der Waals surface area contributed by atoms with E-state index in [2.05, 4.69) is 19.2 Å². The third-order valence-corrected chi connectivity index (χ3v) is 4.26. The van der Waals surface area contributed by atoms with Gasteiger partial charge in [0, 0.05) is 18.9 Å². The summed E-state index contributed by atoms with van der Waals surface area (Å²) in [6.45, 7) is 0.406. The zero-order chi connectivity index (χ0) is 16.4. The molecule has 24 heavy (non-hydrogen) atoms. The van der Waals surface area contributed by atoms with Crippen molar-refractivity contribution in [2.45, 2.75) is 6.54 Å². The van der Waals surface area contributed by atoms with Crippen LogP contribution in [0.4, 0.5) is 0 Å². The second-order valence-corrected chi connectivity index (χ2v) is 5.73. The van der Waals surface area contributed by atoms with Crippen LogP contribution in [0, 0.1) is 0 Å². The smallest absolute Gasteiger partial charge is 0.253 e. The van der Waals surface area contributed by atoms with Gasteiger partial charge < -0.3 is 5.32 Å². The number of rotatable bonds is 4. The van der Waals surface area contributed by atoms with Crippen LogP contribution in [0.5, 0.6) is 0 Å². The predicted molar refractivity (Wildman–Crippen MR) is 92.1 cm³/mol. The van der Waals surface area contributed by atoms with Crippen LogP contribution >= 0.6 is 11.7 Å². The Kier molecular flexibility index (Phi) is 3.76. The molecule has 2 heterocycles. The molecule has 6 nitrogen and oxygen atoms in total. The van der Waals surface area contributed by atoms with E-state index in [0.717, 1.165) is 28.5 Å². The minimum absolute atomic E-state index is 0.163. The molecule has 0 aliphatic carbocycles. The van der Waals surface area contributed by atoms with Gasteiger partial charge in [-0.2, -0.15) is 13.8 Å². The second-order valence-electron chi connectivity index (χ2n) is 5.20. The molecular formula is C17H13N5OS. The first-order valence-electron chi connectivity index (χ1n) is 7.40. The Morgan fingerprint density at radius 1 is 1.08 bits per heavy atom. The van der Waals surface area contributed by atoms with Crippen molar-refractivity contribution in [3.63, 3.8) is 0 Å². The summed E-state index contributed by atoms with van der Waals surface area (Å²) in [5.74, 6) is -0.163. The molecule has 0 aliphatic rings. The van der Waals surface area contributed by atoms with E-state index in [9.17, 15) is 4.79 Å². The minimum Gasteiger partial charge on any atom is -0.348 e. The van der Waals surface area contributed by atoms with Crippen molar-refractivity contribution in [3.05, 3.63) is 72.1 Å². The van der Waals surface area contributed by atoms with Gasteiger partial charge in [-0.05, 0) is 29.8 Å². The zero-order valence-electron chi connectivity index (χ0n) is 12.6. The van der Waals surface area contributed by atoms with E-state index in [0.29, 0.717) is 17.6 Å². The summed E-state index contributed by atoms with van der Waals surface area (Å²) in [7, 11) is 0. The van der Waals surface area contributed by atoms with Gasteiger partial charge in [0.1, 0.15) is 11.0 Å². The lowest BCUT2D eigenvalue weighted by atomic mass is 10.1. The number of carbonyl (C=O) groups excluding carboxylic acids is 1. The highest BCUT2D eigenvalue weighted by atomic mass is 32.1. The van der Waals surface area contributed by atoms with Crippen LogP contribution in [0.15, 0.2) is 60.9 Å². The van der Waals surface area contributed by atoms with Crippen LogP contribution in [0.25, 0.3) is 16.7 Å². The SMILES string of the molecule is O=C(NCc1ccccc1-n1cccn1)c1cccc2nsnc12. The van der Waals surface area contributed by atoms with Crippen LogP contribution < -0.4 is 5.32 Å². The van der Waals surface area contributed by atoms with Gasteiger partial charge in [-0.15, -0.1) is 0 Å². The molecule has 0 aliphatic heterocycles. The highest BCUT2D eigenvalue weighted by Gasteiger charge is 2.13. The van der Waals surface area contributed by atoms with E-state index in [4.69, 9.17) is 0 Å². The third kappa shape index (κ3) is 2.65. The standard InChI is InChI=1S/C17H13N5OS/c23-17(13-6-3-7-14-16(13)21-24-20-14)18-11-12-5-1-2-8-15(12)22-10-4-9-19-22/h1-10H,11H2,(H,18,23). The normalized spacial score (nSPS) is 10.8. The number of hydrogen-bond donors (Lipinski definition) is 1. The maximum absolute atomic E-state index is 12.5. The first kappa shape index (κ1) is 14.5. The van der Waals surface area contributed by atoms with Gasteiger partial charge in [0.05, 0.1) is 23.0 Å². The van der Waals surface area contributed by atoms with E-state index >= 15 is 0 Å². The van der Waals surface area contributed by atoms with E-state index in [1.165, 1.54) is 0 Å². The number of benzene rings is 2. The lowest BCUT2D eigenvalue weighted by Crippen LogP contribution is -2.23. The molecule has 0 atom stereocenters. The number of amides is 1. The number of para-hydroxylation sites is 1. The fourth-order valence-electron chi connectivity index (χ4n) is 2.56. The maximum atomic E-state index is 12.5. The third-order valence-electron chi connectivity index (χ3n) is 3.71. The quantitative estimate of drug-likeness (QED) is 0.622. The fourth-order valence-corrected chi connectivity index (χ4v) is 3.10. The molecule has 2 aromatic carbocycles. The first-order chi connectivity index (χ1) is 11.8. The first-order valence-corrected chi connectivity index (χ1v) is 8.13. The molecule has 0 fully saturated rings. The molecule has 7 heteroatoms. The summed E-state index contributed by atoms with van der Waals surface area (Å²) in [5.41, 5.74) is 3.84. The van der Waals surface area contributed by atoms with Crippen molar-refractivity contribution >= 4 is 28.7 Å². The van der Waals surface area contributed by atoms with Crippen molar-refractivity contribution in [1.29, 1.82) is 0 Å². The Morgan fingerprint density at radius 3 is 2.88 bits per heavy atom. The molecule has 0 radical (unpaired) electrons. The largest absolute Gasteiger partial charge is 0.348 e. The molecule has 118 valence electrons. The Hall–Kier alpha value is -3.06. The van der Waals surface area contributed by atoms with Crippen LogP contribution in [0.3, 0.4) is 0 Å². The van der Waals surface area contributed by atoms with Crippen LogP contribution in [-0.4, -0.2) is 24.4 Å². The number of nitrogens with zero attached hydrogens (tertiary/aromatic N) is 4. The van der Waals surface area contributed by atoms with Gasteiger partial charge >= 0.3 is 0 Å². The topological polar surface area (TPSA) is 72.7 Å². The summed E-state index contributed by atoms with van der Waals surface area (Å²) >= 11 is 1.11. The average molecular weight is 335 g/mol. The van der Waals surface area contributed by atoms with Gasteiger partial charge in [0.2, 0.25) is 0 Å². The molecule has 0 spiro atoms. The van der Waals surface area contributed by atoms with Gasteiger partial charge in [0.15, 0.2) is 0 Å². The van der Waals surface area contributed by atoms with E-state index in [1.54, 1.807) is 16.9 Å². The Morgan fingerprint density at radius 2 is 2.00 bits per heavy atom. The summed E-state index contributed by atoms with van der Waals surface area (Å²) < 4.78 is 10.2. The van der Waals surface area contributed by atoms with E-state index in [-0.39, 0.29) is 5.91 Å². The van der Waals surface area contributed by atoms with Crippen LogP contribution in [-0.2, 0) is 6.54 Å². The summed E-state index contributed by atoms with van der Waals surface area (Å²) in [6, 6.07) is 15.1. The molecular weight excluding hydrogens is 322 g/mol. The van der Waals surface area contributed by atoms with Crippen molar-refractivity contribution in [2.24, 2.45) is 0 Å². The lowest BCUT2D eigenvalue weighted by molar-refractivity contribution is 0.0952. The Bertz CT molecular complexity index is 993. The fraction of sp³-hybridized carbons (Fsp3) is 0.0588. The Labute approximate surface area is 142 Å². The van der Waals surface area contributed by atoms with Crippen LogP contribution in [0.1, 0.15) is 15.9 Å². The van der Waals surface area contributed by atoms with Gasteiger partial charge in [-0.25, -0.2) is 4.68 Å². The minimum atomic E-state index is -0.163. The Balaban J connectivity index is 1.58. The number of carbonyl (C=O) groups is 1. The average Bonchev–Trinajstić information content (AvgIpc) is 3.30. The van der Waals surface area contributed by atoms with Gasteiger partial charge in [0.25, 0.3) is 5.91 Å². The number of nitrogens with one attached hydrogen (secondary N) is 1. The van der Waals surface area contributed by atoms with Gasteiger partial charge in [-0.1, -0.05) is 24.3 Å². The van der Waals surface area contributed by atoms with Crippen molar-refractivity contribution < 1.29 is 4.79 Å². The van der Waals surface area contributed by atoms with Crippen LogP contribution in [0.2, 0.25) is 0 Å². The lowest BCUT2D eigenvalue weighted by Gasteiger charge is -2.11. The van der Waals surface area contributed by atoms with Crippen molar-refractivity contribution in [2.75, 3.05) is 0 Å². The monoisotopic (exact) mass is 335 g/mol. The summed E-state index contributed by atoms with van der Waals surface area (Å²) in [6.07, 6.45) is 3.60. The molecule has 2 aromatic heterocycles. The van der Waals surface area contributed by atoms with E-state index < -0.39 is 0 Å². The molecule has 1 N–H and O–H groups in total. The summed E-state index contributed by atoms with van der Waals surface area (Å²) in [4.78, 5) is 12.5. The highest BCUT2D eigenvalue weighted by Crippen LogP contribution is 2.17. The van der Waals surface area contributed by atoms with E-state index in [1.807, 2.05) is 48.7 Å². The molecule has 0 saturated carbocycles.